The van der Waals surface area contributed by atoms with Crippen LogP contribution < -0.4 is 10.6 Å². The summed E-state index contributed by atoms with van der Waals surface area (Å²) in [6, 6.07) is 13.5. The van der Waals surface area contributed by atoms with Crippen LogP contribution in [0.25, 0.3) is 10.8 Å². The Hall–Kier alpha value is -2.89. The van der Waals surface area contributed by atoms with Gasteiger partial charge in [0.05, 0.1) is 0 Å². The Balaban J connectivity index is 1.87. The van der Waals surface area contributed by atoms with Gasteiger partial charge >= 0.3 is 5.97 Å². The first-order chi connectivity index (χ1) is 15.5. The van der Waals surface area contributed by atoms with Gasteiger partial charge in [-0.15, -0.1) is 0 Å². The third kappa shape index (κ3) is 6.34. The maximum atomic E-state index is 13.3. The molecule has 1 fully saturated rings. The van der Waals surface area contributed by atoms with Crippen LogP contribution in [0.3, 0.4) is 0 Å². The summed E-state index contributed by atoms with van der Waals surface area (Å²) in [5.41, 5.74) is -1.36. The van der Waals surface area contributed by atoms with Crippen molar-refractivity contribution in [3.63, 3.8) is 0 Å². The predicted molar refractivity (Wildman–Crippen MR) is 129 cm³/mol. The first-order valence-corrected chi connectivity index (χ1v) is 11.8. The zero-order chi connectivity index (χ0) is 24.2. The lowest BCUT2D eigenvalue weighted by atomic mass is 9.90. The highest BCUT2D eigenvalue weighted by molar-refractivity contribution is 6.03. The van der Waals surface area contributed by atoms with Gasteiger partial charge in [0.15, 0.2) is 0 Å². The molecule has 1 aliphatic carbocycles. The topological polar surface area (TPSA) is 84.5 Å². The molecule has 6 nitrogen and oxygen atoms in total. The number of esters is 1. The van der Waals surface area contributed by atoms with Crippen LogP contribution in [0.15, 0.2) is 42.5 Å². The summed E-state index contributed by atoms with van der Waals surface area (Å²) in [5.74, 6) is -1.52. The van der Waals surface area contributed by atoms with Crippen LogP contribution in [0.2, 0.25) is 0 Å². The van der Waals surface area contributed by atoms with Gasteiger partial charge in [0.25, 0.3) is 5.91 Å². The Labute approximate surface area is 196 Å². The SMILES string of the molecule is CC(C)(C)NC(=O)C(C)(C)C(=O)OC(C(=O)NC1CCCCC1)c1ccc2ccccc2c1. The zero-order valence-corrected chi connectivity index (χ0v) is 20.4. The number of amides is 2. The molecule has 33 heavy (non-hydrogen) atoms. The number of hydrogen-bond acceptors (Lipinski definition) is 4. The summed E-state index contributed by atoms with van der Waals surface area (Å²) < 4.78 is 5.78. The summed E-state index contributed by atoms with van der Waals surface area (Å²) in [5, 5.41) is 7.89. The molecule has 0 heterocycles. The van der Waals surface area contributed by atoms with Gasteiger partial charge in [-0.1, -0.05) is 55.7 Å². The van der Waals surface area contributed by atoms with E-state index in [9.17, 15) is 14.4 Å². The van der Waals surface area contributed by atoms with Crippen molar-refractivity contribution in [2.45, 2.75) is 84.4 Å². The standard InChI is InChI=1S/C27H36N2O4/c1-26(2,3)29-24(31)27(4,5)25(32)33-22(23(30)28-21-13-7-6-8-14-21)20-16-15-18-11-9-10-12-19(18)17-20/h9-12,15-17,21-22H,6-8,13-14H2,1-5H3,(H,28,30)(H,29,31). The van der Waals surface area contributed by atoms with Crippen LogP contribution in [0.1, 0.15) is 78.4 Å². The molecule has 1 atom stereocenters. The van der Waals surface area contributed by atoms with E-state index in [1.165, 1.54) is 20.3 Å². The van der Waals surface area contributed by atoms with Crippen molar-refractivity contribution in [2.24, 2.45) is 5.41 Å². The van der Waals surface area contributed by atoms with E-state index in [0.29, 0.717) is 5.56 Å². The van der Waals surface area contributed by atoms with Crippen LogP contribution in [0.5, 0.6) is 0 Å². The largest absolute Gasteiger partial charge is 0.446 e. The fraction of sp³-hybridized carbons (Fsp3) is 0.519. The van der Waals surface area contributed by atoms with E-state index in [-0.39, 0.29) is 11.9 Å². The van der Waals surface area contributed by atoms with E-state index < -0.39 is 28.9 Å². The highest BCUT2D eigenvalue weighted by Gasteiger charge is 2.42. The van der Waals surface area contributed by atoms with Crippen LogP contribution >= 0.6 is 0 Å². The summed E-state index contributed by atoms with van der Waals surface area (Å²) in [4.78, 5) is 39.3. The summed E-state index contributed by atoms with van der Waals surface area (Å²) >= 11 is 0. The van der Waals surface area contributed by atoms with Gasteiger partial charge in [-0.3, -0.25) is 14.4 Å². The lowest BCUT2D eigenvalue weighted by Crippen LogP contribution is -2.51. The van der Waals surface area contributed by atoms with Crippen LogP contribution in [-0.2, 0) is 19.1 Å². The molecule has 2 N–H and O–H groups in total. The van der Waals surface area contributed by atoms with Crippen molar-refractivity contribution in [2.75, 3.05) is 0 Å². The molecule has 1 unspecified atom stereocenters. The molecule has 178 valence electrons. The van der Waals surface area contributed by atoms with E-state index in [1.54, 1.807) is 0 Å². The van der Waals surface area contributed by atoms with E-state index in [4.69, 9.17) is 4.74 Å². The van der Waals surface area contributed by atoms with Crippen molar-refractivity contribution in [3.8, 4) is 0 Å². The number of hydrogen-bond donors (Lipinski definition) is 2. The fourth-order valence-electron chi connectivity index (χ4n) is 4.01. The summed E-state index contributed by atoms with van der Waals surface area (Å²) in [6.45, 7) is 8.59. The molecular weight excluding hydrogens is 416 g/mol. The first-order valence-electron chi connectivity index (χ1n) is 11.8. The molecule has 1 saturated carbocycles. The highest BCUT2D eigenvalue weighted by Crippen LogP contribution is 2.28. The Morgan fingerprint density at radius 2 is 1.55 bits per heavy atom. The third-order valence-corrected chi connectivity index (χ3v) is 6.06. The molecule has 2 aromatic carbocycles. The van der Waals surface area contributed by atoms with Gasteiger partial charge < -0.3 is 15.4 Å². The van der Waals surface area contributed by atoms with Crippen molar-refractivity contribution < 1.29 is 19.1 Å². The van der Waals surface area contributed by atoms with Crippen LogP contribution in [-0.4, -0.2) is 29.4 Å². The Bertz CT molecular complexity index is 1020. The van der Waals surface area contributed by atoms with E-state index in [1.807, 2.05) is 63.2 Å². The number of ether oxygens (including phenoxy) is 1. The predicted octanol–water partition coefficient (Wildman–Crippen LogP) is 4.81. The van der Waals surface area contributed by atoms with Gasteiger partial charge in [-0.05, 0) is 64.3 Å². The summed E-state index contributed by atoms with van der Waals surface area (Å²) in [7, 11) is 0. The fourth-order valence-corrected chi connectivity index (χ4v) is 4.01. The second kappa shape index (κ2) is 9.94. The molecule has 0 bridgehead atoms. The minimum absolute atomic E-state index is 0.0742. The maximum Gasteiger partial charge on any atom is 0.322 e. The molecule has 6 heteroatoms. The minimum Gasteiger partial charge on any atom is -0.446 e. The number of carbonyl (C=O) groups excluding carboxylic acids is 3. The van der Waals surface area contributed by atoms with Gasteiger partial charge in [0, 0.05) is 17.1 Å². The average Bonchev–Trinajstić information content (AvgIpc) is 2.76. The van der Waals surface area contributed by atoms with Crippen molar-refractivity contribution in [1.82, 2.24) is 10.6 Å². The lowest BCUT2D eigenvalue weighted by molar-refractivity contribution is -0.168. The van der Waals surface area contributed by atoms with Crippen LogP contribution in [0, 0.1) is 5.41 Å². The molecule has 0 aromatic heterocycles. The number of benzene rings is 2. The molecular formula is C27H36N2O4. The second-order valence-corrected chi connectivity index (χ2v) is 10.6. The Morgan fingerprint density at radius 1 is 0.909 bits per heavy atom. The monoisotopic (exact) mass is 452 g/mol. The van der Waals surface area contributed by atoms with Crippen molar-refractivity contribution in [1.29, 1.82) is 0 Å². The third-order valence-electron chi connectivity index (χ3n) is 6.06. The molecule has 3 rings (SSSR count). The Kier molecular flexibility index (Phi) is 7.45. The van der Waals surface area contributed by atoms with Crippen molar-refractivity contribution in [3.05, 3.63) is 48.0 Å². The minimum atomic E-state index is -1.45. The normalized spacial score (nSPS) is 16.2. The maximum absolute atomic E-state index is 13.3. The first kappa shape index (κ1) is 24.7. The molecule has 1 aliphatic rings. The van der Waals surface area contributed by atoms with E-state index in [0.717, 1.165) is 36.5 Å². The molecule has 0 radical (unpaired) electrons. The Morgan fingerprint density at radius 3 is 2.18 bits per heavy atom. The van der Waals surface area contributed by atoms with Gasteiger partial charge in [-0.25, -0.2) is 0 Å². The summed E-state index contributed by atoms with van der Waals surface area (Å²) in [6.07, 6.45) is 4.03. The van der Waals surface area contributed by atoms with Crippen molar-refractivity contribution >= 4 is 28.6 Å². The molecule has 0 aliphatic heterocycles. The zero-order valence-electron chi connectivity index (χ0n) is 20.4. The molecule has 2 amide bonds. The average molecular weight is 453 g/mol. The molecule has 2 aromatic rings. The van der Waals surface area contributed by atoms with E-state index in [2.05, 4.69) is 10.6 Å². The van der Waals surface area contributed by atoms with E-state index >= 15 is 0 Å². The van der Waals surface area contributed by atoms with Crippen LogP contribution in [0.4, 0.5) is 0 Å². The highest BCUT2D eigenvalue weighted by atomic mass is 16.5. The number of rotatable bonds is 6. The second-order valence-electron chi connectivity index (χ2n) is 10.6. The molecule has 0 saturated heterocycles. The number of fused-ring (bicyclic) bond motifs is 1. The smallest absolute Gasteiger partial charge is 0.322 e. The lowest BCUT2D eigenvalue weighted by Gasteiger charge is -2.30. The molecule has 0 spiro atoms. The quantitative estimate of drug-likeness (QED) is 0.486. The number of carbonyl (C=O) groups is 3. The van der Waals surface area contributed by atoms with Gasteiger partial charge in [-0.2, -0.15) is 0 Å². The van der Waals surface area contributed by atoms with Gasteiger partial charge in [0.2, 0.25) is 12.0 Å². The van der Waals surface area contributed by atoms with Gasteiger partial charge in [0.1, 0.15) is 5.41 Å². The number of nitrogens with one attached hydrogen (secondary N) is 2.